The summed E-state index contributed by atoms with van der Waals surface area (Å²) in [6.45, 7) is 1.80. The van der Waals surface area contributed by atoms with Gasteiger partial charge in [0.05, 0.1) is 13.2 Å². The van der Waals surface area contributed by atoms with Crippen LogP contribution in [-0.2, 0) is 17.8 Å². The number of ether oxygens (including phenoxy) is 2. The number of rotatable bonds is 5. The number of carbonyl (C=O) groups is 1. The van der Waals surface area contributed by atoms with Crippen molar-refractivity contribution in [1.29, 1.82) is 0 Å². The second-order valence-electron chi connectivity index (χ2n) is 5.81. The van der Waals surface area contributed by atoms with Gasteiger partial charge in [0.15, 0.2) is 11.5 Å². The topological polar surface area (TPSA) is 73.6 Å². The highest BCUT2D eigenvalue weighted by Gasteiger charge is 2.11. The predicted octanol–water partition coefficient (Wildman–Crippen LogP) is 3.10. The Hall–Kier alpha value is -2.40. The number of hydrogen-bond acceptors (Lipinski definition) is 4. The van der Waals surface area contributed by atoms with Gasteiger partial charge in [0.1, 0.15) is 0 Å². The van der Waals surface area contributed by atoms with E-state index in [0.717, 1.165) is 34.7 Å². The lowest BCUT2D eigenvalue weighted by molar-refractivity contribution is -0.121. The van der Waals surface area contributed by atoms with E-state index in [9.17, 15) is 4.79 Å². The molecule has 1 amide bonds. The van der Waals surface area contributed by atoms with Crippen LogP contribution in [-0.4, -0.2) is 19.1 Å². The lowest BCUT2D eigenvalue weighted by atomic mass is 10.1. The van der Waals surface area contributed by atoms with Gasteiger partial charge in [0.2, 0.25) is 5.91 Å². The van der Waals surface area contributed by atoms with Crippen LogP contribution in [0.25, 0.3) is 0 Å². The van der Waals surface area contributed by atoms with Gasteiger partial charge in [-0.15, -0.1) is 12.4 Å². The number of aryl methyl sites for hydroxylation is 1. The van der Waals surface area contributed by atoms with Crippen LogP contribution in [0.1, 0.15) is 24.0 Å². The molecular formula is C19H23ClN2O3. The van der Waals surface area contributed by atoms with Crippen LogP contribution in [0.4, 0.5) is 5.69 Å². The Bertz CT molecular complexity index is 722. The molecule has 0 atom stereocenters. The molecule has 0 aliphatic carbocycles. The number of nitrogen functional groups attached to an aromatic ring is 1. The Labute approximate surface area is 153 Å². The van der Waals surface area contributed by atoms with Gasteiger partial charge in [-0.3, -0.25) is 4.79 Å². The van der Waals surface area contributed by atoms with Crippen LogP contribution in [0.2, 0.25) is 0 Å². The molecule has 2 aromatic carbocycles. The number of carbonyl (C=O) groups excluding carboxylic acids is 1. The van der Waals surface area contributed by atoms with Crippen LogP contribution in [0.15, 0.2) is 42.5 Å². The van der Waals surface area contributed by atoms with E-state index in [0.29, 0.717) is 32.6 Å². The molecule has 3 N–H and O–H groups in total. The van der Waals surface area contributed by atoms with Crippen molar-refractivity contribution in [2.75, 3.05) is 18.9 Å². The highest BCUT2D eigenvalue weighted by Crippen LogP contribution is 2.30. The normalized spacial score (nSPS) is 12.6. The quantitative estimate of drug-likeness (QED) is 0.801. The van der Waals surface area contributed by atoms with E-state index in [1.807, 2.05) is 42.5 Å². The maximum Gasteiger partial charge on any atom is 0.220 e. The van der Waals surface area contributed by atoms with Crippen molar-refractivity contribution in [3.8, 4) is 11.5 Å². The largest absolute Gasteiger partial charge is 0.490 e. The average molecular weight is 363 g/mol. The summed E-state index contributed by atoms with van der Waals surface area (Å²) in [5, 5.41) is 2.93. The molecule has 3 rings (SSSR count). The first-order valence-electron chi connectivity index (χ1n) is 8.21. The first-order chi connectivity index (χ1) is 11.7. The van der Waals surface area contributed by atoms with Crippen LogP contribution >= 0.6 is 12.4 Å². The summed E-state index contributed by atoms with van der Waals surface area (Å²) < 4.78 is 11.3. The molecule has 0 saturated heterocycles. The zero-order chi connectivity index (χ0) is 16.8. The van der Waals surface area contributed by atoms with Gasteiger partial charge in [-0.05, 0) is 35.7 Å². The molecule has 6 heteroatoms. The number of fused-ring (bicyclic) bond motifs is 1. The van der Waals surface area contributed by atoms with Gasteiger partial charge in [0.25, 0.3) is 0 Å². The van der Waals surface area contributed by atoms with E-state index in [-0.39, 0.29) is 18.3 Å². The number of para-hydroxylation sites is 1. The predicted molar refractivity (Wildman–Crippen MR) is 100 cm³/mol. The molecule has 1 aliphatic rings. The highest BCUT2D eigenvalue weighted by molar-refractivity contribution is 5.85. The third kappa shape index (κ3) is 5.29. The van der Waals surface area contributed by atoms with E-state index in [1.165, 1.54) is 0 Å². The third-order valence-corrected chi connectivity index (χ3v) is 3.98. The fourth-order valence-corrected chi connectivity index (χ4v) is 2.62. The summed E-state index contributed by atoms with van der Waals surface area (Å²) >= 11 is 0. The van der Waals surface area contributed by atoms with Gasteiger partial charge in [-0.2, -0.15) is 0 Å². The lowest BCUT2D eigenvalue weighted by Crippen LogP contribution is -2.23. The minimum Gasteiger partial charge on any atom is -0.490 e. The Balaban J connectivity index is 0.00000225. The second kappa shape index (κ2) is 9.18. The number of benzene rings is 2. The molecule has 2 aromatic rings. The number of amides is 1. The Morgan fingerprint density at radius 3 is 2.64 bits per heavy atom. The van der Waals surface area contributed by atoms with Gasteiger partial charge < -0.3 is 20.5 Å². The van der Waals surface area contributed by atoms with Crippen molar-refractivity contribution in [1.82, 2.24) is 5.32 Å². The van der Waals surface area contributed by atoms with Gasteiger partial charge in [-0.25, -0.2) is 0 Å². The molecule has 25 heavy (non-hydrogen) atoms. The van der Waals surface area contributed by atoms with Crippen LogP contribution in [0.3, 0.4) is 0 Å². The van der Waals surface area contributed by atoms with Crippen molar-refractivity contribution >= 4 is 24.0 Å². The zero-order valence-electron chi connectivity index (χ0n) is 14.0. The summed E-state index contributed by atoms with van der Waals surface area (Å²) in [5.41, 5.74) is 8.62. The first kappa shape index (κ1) is 18.9. The number of halogens is 1. The van der Waals surface area contributed by atoms with E-state index >= 15 is 0 Å². The number of nitrogens with one attached hydrogen (secondary N) is 1. The first-order valence-corrected chi connectivity index (χ1v) is 8.21. The molecule has 0 fully saturated rings. The Morgan fingerprint density at radius 2 is 1.84 bits per heavy atom. The van der Waals surface area contributed by atoms with Crippen LogP contribution in [0.5, 0.6) is 11.5 Å². The average Bonchev–Trinajstić information content (AvgIpc) is 2.84. The molecule has 0 radical (unpaired) electrons. The van der Waals surface area contributed by atoms with Crippen molar-refractivity contribution in [3.05, 3.63) is 53.6 Å². The Morgan fingerprint density at radius 1 is 1.08 bits per heavy atom. The molecular weight excluding hydrogens is 340 g/mol. The second-order valence-corrected chi connectivity index (χ2v) is 5.81. The summed E-state index contributed by atoms with van der Waals surface area (Å²) in [7, 11) is 0. The number of anilines is 1. The monoisotopic (exact) mass is 362 g/mol. The van der Waals surface area contributed by atoms with Gasteiger partial charge in [-0.1, -0.05) is 24.3 Å². The van der Waals surface area contributed by atoms with Crippen molar-refractivity contribution in [3.63, 3.8) is 0 Å². The van der Waals surface area contributed by atoms with Crippen molar-refractivity contribution in [2.24, 2.45) is 0 Å². The molecule has 0 saturated carbocycles. The zero-order valence-corrected chi connectivity index (χ0v) is 14.8. The fraction of sp³-hybridized carbons (Fsp3) is 0.316. The molecule has 0 unspecified atom stereocenters. The maximum absolute atomic E-state index is 12.0. The molecule has 1 heterocycles. The SMILES string of the molecule is Cl.Nc1ccccc1CCC(=O)NCc1ccc2c(c1)OCCCO2. The van der Waals surface area contributed by atoms with E-state index in [2.05, 4.69) is 5.32 Å². The summed E-state index contributed by atoms with van der Waals surface area (Å²) in [6, 6.07) is 13.4. The minimum atomic E-state index is 0. The lowest BCUT2D eigenvalue weighted by Gasteiger charge is -2.10. The summed E-state index contributed by atoms with van der Waals surface area (Å²) in [6.07, 6.45) is 1.93. The summed E-state index contributed by atoms with van der Waals surface area (Å²) in [5.74, 6) is 1.52. The van der Waals surface area contributed by atoms with Gasteiger partial charge in [0, 0.05) is 25.1 Å². The van der Waals surface area contributed by atoms with Gasteiger partial charge >= 0.3 is 0 Å². The highest BCUT2D eigenvalue weighted by atomic mass is 35.5. The fourth-order valence-electron chi connectivity index (χ4n) is 2.62. The minimum absolute atomic E-state index is 0. The van der Waals surface area contributed by atoms with Crippen molar-refractivity contribution in [2.45, 2.75) is 25.8 Å². The molecule has 0 spiro atoms. The van der Waals surface area contributed by atoms with Crippen LogP contribution in [0, 0.1) is 0 Å². The van der Waals surface area contributed by atoms with E-state index in [1.54, 1.807) is 0 Å². The molecule has 0 bridgehead atoms. The Kier molecular flexibility index (Phi) is 6.95. The summed E-state index contributed by atoms with van der Waals surface area (Å²) in [4.78, 5) is 12.0. The van der Waals surface area contributed by atoms with E-state index in [4.69, 9.17) is 15.2 Å². The van der Waals surface area contributed by atoms with E-state index < -0.39 is 0 Å². The number of nitrogens with two attached hydrogens (primary N) is 1. The standard InChI is InChI=1S/C19H22N2O3.ClH/c20-16-5-2-1-4-15(16)7-9-19(22)21-13-14-6-8-17-18(12-14)24-11-3-10-23-17;/h1-2,4-6,8,12H,3,7,9-11,13,20H2,(H,21,22);1H. The van der Waals surface area contributed by atoms with Crippen LogP contribution < -0.4 is 20.5 Å². The number of hydrogen-bond donors (Lipinski definition) is 2. The molecule has 0 aromatic heterocycles. The molecule has 1 aliphatic heterocycles. The third-order valence-electron chi connectivity index (χ3n) is 3.98. The molecule has 5 nitrogen and oxygen atoms in total. The van der Waals surface area contributed by atoms with Crippen molar-refractivity contribution < 1.29 is 14.3 Å². The molecule has 134 valence electrons. The maximum atomic E-state index is 12.0. The smallest absolute Gasteiger partial charge is 0.220 e.